The molecule has 1 aromatic carbocycles. The molecule has 0 spiro atoms. The first kappa shape index (κ1) is 15.7. The number of likely N-dealkylation sites (N-methyl/N-ethyl adjacent to an activating group) is 1. The lowest BCUT2D eigenvalue weighted by Gasteiger charge is -2.35. The fourth-order valence-corrected chi connectivity index (χ4v) is 2.92. The van der Waals surface area contributed by atoms with Crippen molar-refractivity contribution >= 4 is 11.7 Å². The number of benzene rings is 1. The van der Waals surface area contributed by atoms with Gasteiger partial charge < -0.3 is 9.80 Å². The molecule has 114 valence electrons. The summed E-state index contributed by atoms with van der Waals surface area (Å²) in [5.41, 5.74) is 0.516. The summed E-state index contributed by atoms with van der Waals surface area (Å²) in [5.74, 6) is -0.464. The summed E-state index contributed by atoms with van der Waals surface area (Å²) < 4.78 is 0. The highest BCUT2D eigenvalue weighted by atomic mass is 16.2. The normalized spacial score (nSPS) is 21.2. The number of nitrogens with zero attached hydrogens (tertiary/aromatic N) is 2. The van der Waals surface area contributed by atoms with Crippen LogP contribution >= 0.6 is 0 Å². The molecule has 1 fully saturated rings. The molecule has 1 aliphatic heterocycles. The second-order valence-electron chi connectivity index (χ2n) is 6.44. The van der Waals surface area contributed by atoms with E-state index < -0.39 is 11.7 Å². The number of amides is 1. The maximum Gasteiger partial charge on any atom is 0.294 e. The Morgan fingerprint density at radius 3 is 2.43 bits per heavy atom. The van der Waals surface area contributed by atoms with Crippen LogP contribution in [0, 0.1) is 5.92 Å². The van der Waals surface area contributed by atoms with E-state index in [0.717, 1.165) is 13.0 Å². The van der Waals surface area contributed by atoms with E-state index in [1.807, 2.05) is 6.07 Å². The van der Waals surface area contributed by atoms with E-state index in [1.54, 1.807) is 36.2 Å². The summed E-state index contributed by atoms with van der Waals surface area (Å²) in [6.07, 6.45) is 1.06. The van der Waals surface area contributed by atoms with Gasteiger partial charge in [0.05, 0.1) is 0 Å². The third-order valence-electron chi connectivity index (χ3n) is 4.87. The van der Waals surface area contributed by atoms with Crippen molar-refractivity contribution in [3.63, 3.8) is 0 Å². The van der Waals surface area contributed by atoms with E-state index in [9.17, 15) is 9.59 Å². The molecule has 0 saturated carbocycles. The van der Waals surface area contributed by atoms with Gasteiger partial charge >= 0.3 is 0 Å². The largest absolute Gasteiger partial charge is 0.339 e. The summed E-state index contributed by atoms with van der Waals surface area (Å²) in [6, 6.07) is 8.75. The van der Waals surface area contributed by atoms with Crippen LogP contribution < -0.4 is 0 Å². The zero-order valence-corrected chi connectivity index (χ0v) is 13.3. The number of carbonyl (C=O) groups excluding carboxylic acids is 2. The molecule has 0 bridgehead atoms. The van der Waals surface area contributed by atoms with Gasteiger partial charge in [-0.2, -0.15) is 0 Å². The number of rotatable bonds is 4. The van der Waals surface area contributed by atoms with Crippen molar-refractivity contribution in [2.24, 2.45) is 5.92 Å². The van der Waals surface area contributed by atoms with Gasteiger partial charge in [-0.1, -0.05) is 30.3 Å². The second kappa shape index (κ2) is 5.98. The summed E-state index contributed by atoms with van der Waals surface area (Å²) >= 11 is 0. The first-order valence-electron chi connectivity index (χ1n) is 7.40. The van der Waals surface area contributed by atoms with Gasteiger partial charge in [0.15, 0.2) is 0 Å². The molecule has 1 heterocycles. The van der Waals surface area contributed by atoms with Crippen LogP contribution in [-0.4, -0.2) is 54.2 Å². The molecule has 1 atom stereocenters. The van der Waals surface area contributed by atoms with Crippen LogP contribution in [0.4, 0.5) is 0 Å². The van der Waals surface area contributed by atoms with Crippen molar-refractivity contribution in [1.29, 1.82) is 0 Å². The topological polar surface area (TPSA) is 40.6 Å². The minimum Gasteiger partial charge on any atom is -0.339 e. The quantitative estimate of drug-likeness (QED) is 0.629. The average Bonchev–Trinajstić information content (AvgIpc) is 2.73. The Kier molecular flexibility index (Phi) is 4.47. The number of Topliss-reactive ketones (excluding diaryl/α,β-unsaturated/α-hetero) is 1. The van der Waals surface area contributed by atoms with Gasteiger partial charge in [0.1, 0.15) is 0 Å². The highest BCUT2D eigenvalue weighted by Gasteiger charge is 2.40. The van der Waals surface area contributed by atoms with Gasteiger partial charge in [-0.25, -0.2) is 0 Å². The molecular weight excluding hydrogens is 264 g/mol. The van der Waals surface area contributed by atoms with Crippen LogP contribution in [0.15, 0.2) is 30.3 Å². The van der Waals surface area contributed by atoms with Crippen LogP contribution in [0.1, 0.15) is 30.6 Å². The Morgan fingerprint density at radius 1 is 1.29 bits per heavy atom. The molecule has 4 nitrogen and oxygen atoms in total. The Labute approximate surface area is 126 Å². The Morgan fingerprint density at radius 2 is 1.90 bits per heavy atom. The van der Waals surface area contributed by atoms with Crippen LogP contribution in [0.25, 0.3) is 0 Å². The van der Waals surface area contributed by atoms with Crippen LogP contribution in [-0.2, 0) is 4.79 Å². The second-order valence-corrected chi connectivity index (χ2v) is 6.44. The van der Waals surface area contributed by atoms with Gasteiger partial charge in [-0.15, -0.1) is 0 Å². The van der Waals surface area contributed by atoms with Crippen molar-refractivity contribution in [3.05, 3.63) is 35.9 Å². The maximum atomic E-state index is 12.3. The number of ketones is 1. The number of likely N-dealkylation sites (tertiary alicyclic amines) is 1. The molecule has 0 aromatic heterocycles. The Bertz CT molecular complexity index is 525. The van der Waals surface area contributed by atoms with Gasteiger partial charge in [-0.3, -0.25) is 9.59 Å². The van der Waals surface area contributed by atoms with E-state index in [1.165, 1.54) is 0 Å². The molecule has 0 aliphatic carbocycles. The van der Waals surface area contributed by atoms with Gasteiger partial charge in [0, 0.05) is 24.7 Å². The summed E-state index contributed by atoms with van der Waals surface area (Å²) in [4.78, 5) is 28.4. The number of hydrogen-bond donors (Lipinski definition) is 0. The molecular formula is C17H24N2O2. The predicted molar refractivity (Wildman–Crippen MR) is 83.2 cm³/mol. The zero-order chi connectivity index (χ0) is 15.6. The molecule has 1 saturated heterocycles. The molecule has 21 heavy (non-hydrogen) atoms. The predicted octanol–water partition coefficient (Wildman–Crippen LogP) is 2.06. The van der Waals surface area contributed by atoms with E-state index in [0.29, 0.717) is 18.0 Å². The maximum absolute atomic E-state index is 12.3. The Hall–Kier alpha value is -1.68. The highest BCUT2D eigenvalue weighted by molar-refractivity contribution is 6.42. The number of carbonyl (C=O) groups is 2. The highest BCUT2D eigenvalue weighted by Crippen LogP contribution is 2.33. The lowest BCUT2D eigenvalue weighted by atomic mass is 9.88. The van der Waals surface area contributed by atoms with Crippen molar-refractivity contribution in [1.82, 2.24) is 9.80 Å². The van der Waals surface area contributed by atoms with E-state index >= 15 is 0 Å². The first-order valence-corrected chi connectivity index (χ1v) is 7.40. The molecule has 0 unspecified atom stereocenters. The van der Waals surface area contributed by atoms with Crippen LogP contribution in [0.2, 0.25) is 0 Å². The molecule has 1 aromatic rings. The monoisotopic (exact) mass is 288 g/mol. The zero-order valence-electron chi connectivity index (χ0n) is 13.3. The first-order chi connectivity index (χ1) is 9.84. The molecule has 1 amide bonds. The summed E-state index contributed by atoms with van der Waals surface area (Å²) in [5, 5.41) is 0. The van der Waals surface area contributed by atoms with Gasteiger partial charge in [0.25, 0.3) is 5.91 Å². The molecule has 0 N–H and O–H groups in total. The minimum atomic E-state index is -0.428. The van der Waals surface area contributed by atoms with Crippen molar-refractivity contribution in [3.8, 4) is 0 Å². The van der Waals surface area contributed by atoms with E-state index in [-0.39, 0.29) is 5.54 Å². The smallest absolute Gasteiger partial charge is 0.294 e. The van der Waals surface area contributed by atoms with Crippen LogP contribution in [0.5, 0.6) is 0 Å². The Balaban J connectivity index is 2.02. The molecule has 2 rings (SSSR count). The van der Waals surface area contributed by atoms with E-state index in [2.05, 4.69) is 25.8 Å². The SMILES string of the molecule is CN(C[C@@H]1CCN(C)C1(C)C)C(=O)C(=O)c1ccccc1. The molecule has 4 heteroatoms. The molecule has 0 radical (unpaired) electrons. The van der Waals surface area contributed by atoms with Gasteiger partial charge in [0.2, 0.25) is 5.78 Å². The lowest BCUT2D eigenvalue weighted by Crippen LogP contribution is -2.45. The van der Waals surface area contributed by atoms with Crippen LogP contribution in [0.3, 0.4) is 0 Å². The standard InChI is InChI=1S/C17H24N2O2/c1-17(2)14(10-11-19(17)4)12-18(3)16(21)15(20)13-8-6-5-7-9-13/h5-9,14H,10-12H2,1-4H3/t14-/m0/s1. The fraction of sp³-hybridized carbons (Fsp3) is 0.529. The molecule has 1 aliphatic rings. The average molecular weight is 288 g/mol. The third kappa shape index (κ3) is 3.16. The van der Waals surface area contributed by atoms with Crippen molar-refractivity contribution in [2.45, 2.75) is 25.8 Å². The van der Waals surface area contributed by atoms with Crippen molar-refractivity contribution < 1.29 is 9.59 Å². The van der Waals surface area contributed by atoms with Gasteiger partial charge in [-0.05, 0) is 39.8 Å². The minimum absolute atomic E-state index is 0.0599. The number of hydrogen-bond acceptors (Lipinski definition) is 3. The third-order valence-corrected chi connectivity index (χ3v) is 4.87. The lowest BCUT2D eigenvalue weighted by molar-refractivity contribution is -0.126. The fourth-order valence-electron chi connectivity index (χ4n) is 2.92. The summed E-state index contributed by atoms with van der Waals surface area (Å²) in [6.45, 7) is 6.05. The van der Waals surface area contributed by atoms with E-state index in [4.69, 9.17) is 0 Å². The summed E-state index contributed by atoms with van der Waals surface area (Å²) in [7, 11) is 3.83. The van der Waals surface area contributed by atoms with Crippen molar-refractivity contribution in [2.75, 3.05) is 27.2 Å².